The standard InChI is InChI=1S/C21H23N3O3S/c1-15(16-8-7-9-17(14-16)24(26)27)23(2)21(25)13-6-5-12-20-22-18-10-3-4-11-19(18)28-20/h3-4,7-11,14-15H,5-6,12-13H2,1-2H3/t15-/m0/s1. The number of benzene rings is 2. The Bertz CT molecular complexity index is 953. The largest absolute Gasteiger partial charge is 0.339 e. The molecule has 3 aromatic rings. The number of unbranched alkanes of at least 4 members (excludes halogenated alkanes) is 1. The number of hydrogen-bond acceptors (Lipinski definition) is 5. The van der Waals surface area contributed by atoms with Crippen molar-refractivity contribution < 1.29 is 9.72 Å². The van der Waals surface area contributed by atoms with E-state index in [9.17, 15) is 14.9 Å². The predicted octanol–water partition coefficient (Wildman–Crippen LogP) is 5.14. The molecule has 2 aromatic carbocycles. The van der Waals surface area contributed by atoms with Crippen LogP contribution in [0.25, 0.3) is 10.2 Å². The lowest BCUT2D eigenvalue weighted by atomic mass is 10.1. The van der Waals surface area contributed by atoms with Crippen molar-refractivity contribution in [1.29, 1.82) is 0 Å². The fourth-order valence-electron chi connectivity index (χ4n) is 3.09. The Balaban J connectivity index is 1.49. The molecule has 0 radical (unpaired) electrons. The summed E-state index contributed by atoms with van der Waals surface area (Å²) >= 11 is 1.71. The molecule has 0 unspecified atom stereocenters. The number of aromatic nitrogens is 1. The van der Waals surface area contributed by atoms with Crippen molar-refractivity contribution in [3.63, 3.8) is 0 Å². The number of carbonyl (C=O) groups excluding carboxylic acids is 1. The topological polar surface area (TPSA) is 76.3 Å². The molecule has 0 saturated carbocycles. The van der Waals surface area contributed by atoms with Gasteiger partial charge in [-0.1, -0.05) is 24.3 Å². The molecule has 1 heterocycles. The molecule has 0 saturated heterocycles. The van der Waals surface area contributed by atoms with Crippen LogP contribution in [-0.2, 0) is 11.2 Å². The first-order chi connectivity index (χ1) is 13.5. The van der Waals surface area contributed by atoms with Crippen LogP contribution in [0, 0.1) is 10.1 Å². The normalized spacial score (nSPS) is 12.1. The summed E-state index contributed by atoms with van der Waals surface area (Å²) < 4.78 is 1.19. The SMILES string of the molecule is C[C@@H](c1cccc([N+](=O)[O-])c1)N(C)C(=O)CCCCc1nc2ccccc2s1. The van der Waals surface area contributed by atoms with E-state index >= 15 is 0 Å². The van der Waals surface area contributed by atoms with Crippen LogP contribution < -0.4 is 0 Å². The number of non-ortho nitro benzene ring substituents is 1. The van der Waals surface area contributed by atoms with Crippen LogP contribution in [0.5, 0.6) is 0 Å². The van der Waals surface area contributed by atoms with Gasteiger partial charge in [-0.2, -0.15) is 0 Å². The van der Waals surface area contributed by atoms with Gasteiger partial charge in [0.15, 0.2) is 0 Å². The highest BCUT2D eigenvalue weighted by molar-refractivity contribution is 7.18. The maximum atomic E-state index is 12.5. The molecule has 6 nitrogen and oxygen atoms in total. The third-order valence-electron chi connectivity index (χ3n) is 4.91. The van der Waals surface area contributed by atoms with Crippen molar-refractivity contribution in [2.24, 2.45) is 0 Å². The van der Waals surface area contributed by atoms with Gasteiger partial charge in [0.1, 0.15) is 0 Å². The maximum absolute atomic E-state index is 12.5. The van der Waals surface area contributed by atoms with Gasteiger partial charge in [0.05, 0.1) is 26.2 Å². The predicted molar refractivity (Wildman–Crippen MR) is 111 cm³/mol. The lowest BCUT2D eigenvalue weighted by Gasteiger charge is -2.25. The minimum absolute atomic E-state index is 0.0426. The van der Waals surface area contributed by atoms with Gasteiger partial charge in [-0.3, -0.25) is 14.9 Å². The molecule has 28 heavy (non-hydrogen) atoms. The number of nitro groups is 1. The average Bonchev–Trinajstić information content (AvgIpc) is 3.12. The minimum Gasteiger partial charge on any atom is -0.339 e. The van der Waals surface area contributed by atoms with Gasteiger partial charge < -0.3 is 4.90 Å². The maximum Gasteiger partial charge on any atom is 0.269 e. The van der Waals surface area contributed by atoms with E-state index < -0.39 is 4.92 Å². The number of fused-ring (bicyclic) bond motifs is 1. The molecule has 146 valence electrons. The minimum atomic E-state index is -0.417. The van der Waals surface area contributed by atoms with Crippen molar-refractivity contribution in [3.8, 4) is 0 Å². The van der Waals surface area contributed by atoms with E-state index in [0.717, 1.165) is 35.4 Å². The monoisotopic (exact) mass is 397 g/mol. The van der Waals surface area contributed by atoms with E-state index in [1.165, 1.54) is 16.8 Å². The number of para-hydroxylation sites is 1. The number of rotatable bonds is 8. The zero-order valence-corrected chi connectivity index (χ0v) is 16.8. The fraction of sp³-hybridized carbons (Fsp3) is 0.333. The van der Waals surface area contributed by atoms with E-state index in [4.69, 9.17) is 0 Å². The van der Waals surface area contributed by atoms with E-state index in [2.05, 4.69) is 11.1 Å². The summed E-state index contributed by atoms with van der Waals surface area (Å²) in [4.78, 5) is 29.3. The third-order valence-corrected chi connectivity index (χ3v) is 6.00. The van der Waals surface area contributed by atoms with Crippen LogP contribution in [0.2, 0.25) is 0 Å². The van der Waals surface area contributed by atoms with E-state index in [1.54, 1.807) is 29.4 Å². The smallest absolute Gasteiger partial charge is 0.269 e. The second-order valence-corrected chi connectivity index (χ2v) is 7.93. The first kappa shape index (κ1) is 19.9. The van der Waals surface area contributed by atoms with E-state index in [0.29, 0.717) is 6.42 Å². The van der Waals surface area contributed by atoms with Crippen molar-refractivity contribution in [2.75, 3.05) is 7.05 Å². The summed E-state index contributed by atoms with van der Waals surface area (Å²) in [5, 5.41) is 12.1. The molecule has 0 bridgehead atoms. The van der Waals surface area contributed by atoms with Crippen LogP contribution in [0.15, 0.2) is 48.5 Å². The molecule has 0 aliphatic rings. The van der Waals surface area contributed by atoms with E-state index in [1.807, 2.05) is 31.2 Å². The Hall–Kier alpha value is -2.80. The Kier molecular flexibility index (Phi) is 6.36. The molecule has 1 atom stereocenters. The molecular formula is C21H23N3O3S. The molecule has 0 fully saturated rings. The Morgan fingerprint density at radius 3 is 2.75 bits per heavy atom. The Labute approximate surface area is 168 Å². The van der Waals surface area contributed by atoms with Crippen molar-refractivity contribution in [1.82, 2.24) is 9.88 Å². The second kappa shape index (κ2) is 8.93. The van der Waals surface area contributed by atoms with Gasteiger partial charge in [-0.05, 0) is 43.9 Å². The highest BCUT2D eigenvalue weighted by atomic mass is 32.1. The lowest BCUT2D eigenvalue weighted by Crippen LogP contribution is -2.29. The van der Waals surface area contributed by atoms with Crippen molar-refractivity contribution in [2.45, 2.75) is 38.6 Å². The van der Waals surface area contributed by atoms with Gasteiger partial charge in [-0.25, -0.2) is 4.98 Å². The lowest BCUT2D eigenvalue weighted by molar-refractivity contribution is -0.384. The molecule has 0 spiro atoms. The number of amides is 1. The van der Waals surface area contributed by atoms with Crippen molar-refractivity contribution in [3.05, 3.63) is 69.2 Å². The molecular weight excluding hydrogens is 374 g/mol. The molecule has 0 aliphatic carbocycles. The number of carbonyl (C=O) groups is 1. The van der Waals surface area contributed by atoms with Gasteiger partial charge in [0.25, 0.3) is 5.69 Å². The molecule has 7 heteroatoms. The van der Waals surface area contributed by atoms with Gasteiger partial charge in [0, 0.05) is 25.6 Å². The third kappa shape index (κ3) is 4.72. The second-order valence-electron chi connectivity index (χ2n) is 6.82. The average molecular weight is 398 g/mol. The van der Waals surface area contributed by atoms with Crippen LogP contribution in [-0.4, -0.2) is 27.8 Å². The Morgan fingerprint density at radius 2 is 2.00 bits per heavy atom. The fourth-order valence-corrected chi connectivity index (χ4v) is 4.10. The number of nitro benzene ring substituents is 1. The zero-order valence-electron chi connectivity index (χ0n) is 16.0. The van der Waals surface area contributed by atoms with Gasteiger partial charge in [0.2, 0.25) is 5.91 Å². The quantitative estimate of drug-likeness (QED) is 0.300. The number of aryl methyl sites for hydroxylation is 1. The summed E-state index contributed by atoms with van der Waals surface area (Å²) in [6.45, 7) is 1.89. The molecule has 1 aromatic heterocycles. The summed E-state index contributed by atoms with van der Waals surface area (Å²) in [5.41, 5.74) is 1.84. The van der Waals surface area contributed by atoms with Crippen LogP contribution in [0.3, 0.4) is 0 Å². The van der Waals surface area contributed by atoms with Crippen LogP contribution >= 0.6 is 11.3 Å². The molecule has 1 amide bonds. The number of thiazole rings is 1. The summed E-state index contributed by atoms with van der Waals surface area (Å²) in [6.07, 6.45) is 3.03. The van der Waals surface area contributed by atoms with Crippen LogP contribution in [0.4, 0.5) is 5.69 Å². The Morgan fingerprint density at radius 1 is 1.21 bits per heavy atom. The van der Waals surface area contributed by atoms with E-state index in [-0.39, 0.29) is 17.6 Å². The number of nitrogens with zero attached hydrogens (tertiary/aromatic N) is 3. The summed E-state index contributed by atoms with van der Waals surface area (Å²) in [5.74, 6) is 0.0447. The first-order valence-electron chi connectivity index (χ1n) is 9.30. The highest BCUT2D eigenvalue weighted by Crippen LogP contribution is 2.25. The number of hydrogen-bond donors (Lipinski definition) is 0. The zero-order chi connectivity index (χ0) is 20.1. The van der Waals surface area contributed by atoms with Crippen LogP contribution in [0.1, 0.15) is 42.8 Å². The first-order valence-corrected chi connectivity index (χ1v) is 10.1. The molecule has 3 rings (SSSR count). The van der Waals surface area contributed by atoms with Crippen molar-refractivity contribution >= 4 is 33.1 Å². The van der Waals surface area contributed by atoms with Gasteiger partial charge in [-0.15, -0.1) is 11.3 Å². The highest BCUT2D eigenvalue weighted by Gasteiger charge is 2.19. The van der Waals surface area contributed by atoms with Gasteiger partial charge >= 0.3 is 0 Å². The molecule has 0 aliphatic heterocycles. The summed E-state index contributed by atoms with van der Waals surface area (Å²) in [6, 6.07) is 14.3. The summed E-state index contributed by atoms with van der Waals surface area (Å²) in [7, 11) is 1.75. The molecule has 0 N–H and O–H groups in total.